The SMILES string of the molecule is CCOC(=O)/C=C/c1ccc([Se]c2ccc3c(c2)C(C)(C)CC=C3c2ccc(C)cc2)cc1. The zero-order valence-electron chi connectivity index (χ0n) is 19.7. The van der Waals surface area contributed by atoms with Gasteiger partial charge < -0.3 is 0 Å². The van der Waals surface area contributed by atoms with Crippen LogP contribution >= 0.6 is 0 Å². The maximum atomic E-state index is 11.5. The minimum atomic E-state index is -0.304. The van der Waals surface area contributed by atoms with Gasteiger partial charge in [-0.05, 0) is 0 Å². The van der Waals surface area contributed by atoms with Crippen LogP contribution in [0.3, 0.4) is 0 Å². The van der Waals surface area contributed by atoms with E-state index in [0.29, 0.717) is 6.61 Å². The Morgan fingerprint density at radius 2 is 1.70 bits per heavy atom. The number of esters is 1. The van der Waals surface area contributed by atoms with Crippen LogP contribution in [0.15, 0.2) is 78.9 Å². The second kappa shape index (κ2) is 9.95. The summed E-state index contributed by atoms with van der Waals surface area (Å²) in [4.78, 5) is 11.5. The number of carbonyl (C=O) groups excluding carboxylic acids is 1. The second-order valence-corrected chi connectivity index (χ2v) is 11.4. The molecule has 0 N–H and O–H groups in total. The maximum absolute atomic E-state index is 11.5. The van der Waals surface area contributed by atoms with Crippen molar-refractivity contribution >= 4 is 41.5 Å². The summed E-state index contributed by atoms with van der Waals surface area (Å²) in [7, 11) is 0. The second-order valence-electron chi connectivity index (χ2n) is 9.04. The molecule has 0 atom stereocenters. The van der Waals surface area contributed by atoms with Crippen LogP contribution in [0.1, 0.15) is 55.0 Å². The zero-order valence-corrected chi connectivity index (χ0v) is 21.4. The molecular weight excluding hydrogens is 471 g/mol. The average Bonchev–Trinajstić information content (AvgIpc) is 2.80. The summed E-state index contributed by atoms with van der Waals surface area (Å²) in [6.07, 6.45) is 6.73. The normalized spacial score (nSPS) is 14.6. The van der Waals surface area contributed by atoms with Crippen molar-refractivity contribution in [2.75, 3.05) is 6.61 Å². The first-order chi connectivity index (χ1) is 15.9. The molecule has 3 aromatic rings. The van der Waals surface area contributed by atoms with Crippen LogP contribution in [-0.4, -0.2) is 27.5 Å². The van der Waals surface area contributed by atoms with E-state index in [1.807, 2.05) is 6.92 Å². The summed E-state index contributed by atoms with van der Waals surface area (Å²) in [5.74, 6) is -0.304. The number of hydrogen-bond acceptors (Lipinski definition) is 2. The molecule has 0 heterocycles. The summed E-state index contributed by atoms with van der Waals surface area (Å²) < 4.78 is 7.64. The number of fused-ring (bicyclic) bond motifs is 1. The van der Waals surface area contributed by atoms with Crippen LogP contribution in [-0.2, 0) is 14.9 Å². The fourth-order valence-electron chi connectivity index (χ4n) is 4.10. The molecule has 168 valence electrons. The monoisotopic (exact) mass is 502 g/mol. The van der Waals surface area contributed by atoms with E-state index >= 15 is 0 Å². The van der Waals surface area contributed by atoms with Gasteiger partial charge >= 0.3 is 204 Å². The van der Waals surface area contributed by atoms with Crippen molar-refractivity contribution in [3.05, 3.63) is 107 Å². The first kappa shape index (κ1) is 23.3. The molecular formula is C30H30O2Se. The molecule has 2 nitrogen and oxygen atoms in total. The summed E-state index contributed by atoms with van der Waals surface area (Å²) in [5.41, 5.74) is 7.85. The number of hydrogen-bond donors (Lipinski definition) is 0. The van der Waals surface area contributed by atoms with Crippen LogP contribution in [0.25, 0.3) is 11.6 Å². The number of benzene rings is 3. The quantitative estimate of drug-likeness (QED) is 0.259. The predicted molar refractivity (Wildman–Crippen MR) is 139 cm³/mol. The van der Waals surface area contributed by atoms with Crippen LogP contribution in [0.5, 0.6) is 0 Å². The van der Waals surface area contributed by atoms with Crippen LogP contribution in [0.2, 0.25) is 0 Å². The van der Waals surface area contributed by atoms with E-state index in [0.717, 1.165) is 12.0 Å². The summed E-state index contributed by atoms with van der Waals surface area (Å²) in [6.45, 7) is 9.02. The molecule has 0 aliphatic heterocycles. The van der Waals surface area contributed by atoms with Gasteiger partial charge in [-0.1, -0.05) is 0 Å². The molecule has 0 amide bonds. The molecule has 1 aliphatic carbocycles. The predicted octanol–water partition coefficient (Wildman–Crippen LogP) is 5.34. The molecule has 1 aliphatic rings. The van der Waals surface area contributed by atoms with Gasteiger partial charge in [-0.2, -0.15) is 0 Å². The molecule has 0 saturated heterocycles. The molecule has 0 saturated carbocycles. The third-order valence-corrected chi connectivity index (χ3v) is 8.10. The molecule has 0 fully saturated rings. The van der Waals surface area contributed by atoms with E-state index in [9.17, 15) is 4.79 Å². The van der Waals surface area contributed by atoms with Gasteiger partial charge in [0.2, 0.25) is 0 Å². The Balaban J connectivity index is 1.56. The topological polar surface area (TPSA) is 26.3 Å². The zero-order chi connectivity index (χ0) is 23.4. The first-order valence-corrected chi connectivity index (χ1v) is 13.1. The molecule has 0 spiro atoms. The Morgan fingerprint density at radius 3 is 2.39 bits per heavy atom. The van der Waals surface area contributed by atoms with Gasteiger partial charge in [0.25, 0.3) is 0 Å². The fourth-order valence-corrected chi connectivity index (χ4v) is 5.90. The van der Waals surface area contributed by atoms with Gasteiger partial charge in [0, 0.05) is 0 Å². The van der Waals surface area contributed by atoms with Crippen molar-refractivity contribution in [3.63, 3.8) is 0 Å². The Kier molecular flexibility index (Phi) is 7.02. The molecule has 0 unspecified atom stereocenters. The van der Waals surface area contributed by atoms with E-state index in [-0.39, 0.29) is 26.3 Å². The Morgan fingerprint density at radius 1 is 1.00 bits per heavy atom. The Bertz CT molecular complexity index is 1200. The van der Waals surface area contributed by atoms with Crippen LogP contribution < -0.4 is 8.92 Å². The summed E-state index contributed by atoms with van der Waals surface area (Å²) in [5, 5.41) is 0. The van der Waals surface area contributed by atoms with Crippen LogP contribution in [0, 0.1) is 6.92 Å². The third kappa shape index (κ3) is 5.55. The van der Waals surface area contributed by atoms with Gasteiger partial charge in [0.15, 0.2) is 0 Å². The van der Waals surface area contributed by atoms with Gasteiger partial charge in [-0.25, -0.2) is 0 Å². The molecule has 33 heavy (non-hydrogen) atoms. The standard InChI is InChI=1S/C30H30O2Se/c1-5-32-29(31)17-10-22-8-13-24(14-9-22)33-25-15-16-27-26(23-11-6-21(2)7-12-23)18-19-30(3,4)28(27)20-25/h6-18,20H,5,19H2,1-4H3/b17-10+. The molecule has 3 aromatic carbocycles. The third-order valence-electron chi connectivity index (χ3n) is 6.00. The molecule has 0 radical (unpaired) electrons. The first-order valence-electron chi connectivity index (χ1n) is 11.4. The van der Waals surface area contributed by atoms with Crippen molar-refractivity contribution in [1.29, 1.82) is 0 Å². The molecule has 0 bridgehead atoms. The fraction of sp³-hybridized carbons (Fsp3) is 0.233. The van der Waals surface area contributed by atoms with Crippen LogP contribution in [0.4, 0.5) is 0 Å². The summed E-state index contributed by atoms with van der Waals surface area (Å²) in [6, 6.07) is 24.3. The van der Waals surface area contributed by atoms with Crippen molar-refractivity contribution < 1.29 is 9.53 Å². The van der Waals surface area contributed by atoms with Crippen molar-refractivity contribution in [1.82, 2.24) is 0 Å². The number of allylic oxidation sites excluding steroid dienone is 1. The van der Waals surface area contributed by atoms with E-state index in [1.165, 1.54) is 42.8 Å². The van der Waals surface area contributed by atoms with Gasteiger partial charge in [-0.15, -0.1) is 0 Å². The molecule has 4 rings (SSSR count). The van der Waals surface area contributed by atoms with E-state index in [2.05, 4.69) is 93.6 Å². The van der Waals surface area contributed by atoms with Gasteiger partial charge in [0.1, 0.15) is 0 Å². The van der Waals surface area contributed by atoms with E-state index in [4.69, 9.17) is 4.74 Å². The van der Waals surface area contributed by atoms with E-state index < -0.39 is 0 Å². The van der Waals surface area contributed by atoms with Gasteiger partial charge in [-0.3, -0.25) is 0 Å². The minimum absolute atomic E-state index is 0.122. The van der Waals surface area contributed by atoms with Gasteiger partial charge in [0.05, 0.1) is 0 Å². The summed E-state index contributed by atoms with van der Waals surface area (Å²) >= 11 is 0.222. The Labute approximate surface area is 203 Å². The number of ether oxygens (including phenoxy) is 1. The number of carbonyl (C=O) groups is 1. The molecule has 3 heteroatoms. The average molecular weight is 502 g/mol. The van der Waals surface area contributed by atoms with E-state index in [1.54, 1.807) is 6.08 Å². The van der Waals surface area contributed by atoms with Crippen molar-refractivity contribution in [3.8, 4) is 0 Å². The number of rotatable bonds is 6. The van der Waals surface area contributed by atoms with Crippen molar-refractivity contribution in [2.24, 2.45) is 0 Å². The number of aryl methyl sites for hydroxylation is 1. The Hall–Kier alpha value is -2.87. The van der Waals surface area contributed by atoms with Crippen molar-refractivity contribution in [2.45, 2.75) is 39.5 Å². The molecule has 0 aromatic heterocycles.